The lowest BCUT2D eigenvalue weighted by Gasteiger charge is -2.18. The van der Waals surface area contributed by atoms with Gasteiger partial charge in [-0.2, -0.15) is 5.10 Å². The highest BCUT2D eigenvalue weighted by molar-refractivity contribution is 5.81. The number of carboxylic acids is 1. The van der Waals surface area contributed by atoms with Crippen LogP contribution in [0.3, 0.4) is 0 Å². The third kappa shape index (κ3) is 6.25. The van der Waals surface area contributed by atoms with Crippen molar-refractivity contribution in [2.75, 3.05) is 25.6 Å². The van der Waals surface area contributed by atoms with Crippen LogP contribution in [0.5, 0.6) is 5.75 Å². The molecule has 0 fully saturated rings. The number of benzene rings is 1. The van der Waals surface area contributed by atoms with Crippen molar-refractivity contribution in [2.24, 2.45) is 0 Å². The standard InChI is InChI=1S/C28H30N6O5/c1-38-28(37)31-15-18-11-20(16-29-14-18)25(13-26(35)36)34-24-7-6-23(12-21(24)17-32-34)39-10-8-22-5-4-19-3-2-9-30-27(19)33-22/h4-7,11-12,14,16-17,25H,2-3,8-10,13,15H2,1H3,(H,30,33)(H,31,37)(H,35,36)/t25-/m1/s1. The Morgan fingerprint density at radius 3 is 2.92 bits per heavy atom. The Hall–Kier alpha value is -4.67. The second-order valence-corrected chi connectivity index (χ2v) is 9.33. The van der Waals surface area contributed by atoms with Gasteiger partial charge in [-0.3, -0.25) is 14.5 Å². The molecular formula is C28H30N6O5. The summed E-state index contributed by atoms with van der Waals surface area (Å²) >= 11 is 0. The molecule has 1 aliphatic rings. The molecule has 5 rings (SSSR count). The van der Waals surface area contributed by atoms with Crippen LogP contribution in [0.2, 0.25) is 0 Å². The van der Waals surface area contributed by atoms with Gasteiger partial charge in [0.1, 0.15) is 11.6 Å². The average Bonchev–Trinajstić information content (AvgIpc) is 3.37. The highest BCUT2D eigenvalue weighted by Gasteiger charge is 2.22. The fourth-order valence-corrected chi connectivity index (χ4v) is 4.69. The number of alkyl carbamates (subject to hydrolysis) is 1. The molecule has 0 spiro atoms. The van der Waals surface area contributed by atoms with Gasteiger partial charge in [-0.25, -0.2) is 9.78 Å². The first kappa shape index (κ1) is 26.0. The van der Waals surface area contributed by atoms with E-state index in [4.69, 9.17) is 9.72 Å². The van der Waals surface area contributed by atoms with Crippen molar-refractivity contribution in [3.05, 3.63) is 77.4 Å². The molecule has 4 heterocycles. The van der Waals surface area contributed by atoms with Crippen molar-refractivity contribution in [3.8, 4) is 5.75 Å². The van der Waals surface area contributed by atoms with Crippen molar-refractivity contribution in [3.63, 3.8) is 0 Å². The number of nitrogens with one attached hydrogen (secondary N) is 2. The summed E-state index contributed by atoms with van der Waals surface area (Å²) in [7, 11) is 1.29. The van der Waals surface area contributed by atoms with Crippen molar-refractivity contribution in [2.45, 2.75) is 38.3 Å². The minimum absolute atomic E-state index is 0.187. The average molecular weight is 531 g/mol. The number of methoxy groups -OCH3 is 1. The Balaban J connectivity index is 1.30. The summed E-state index contributed by atoms with van der Waals surface area (Å²) in [5, 5.41) is 20.9. The predicted molar refractivity (Wildman–Crippen MR) is 144 cm³/mol. The van der Waals surface area contributed by atoms with Gasteiger partial charge in [0.15, 0.2) is 0 Å². The van der Waals surface area contributed by atoms with Crippen LogP contribution in [0.4, 0.5) is 10.6 Å². The van der Waals surface area contributed by atoms with Crippen LogP contribution in [-0.2, 0) is 28.9 Å². The Morgan fingerprint density at radius 2 is 2.08 bits per heavy atom. The number of anilines is 1. The minimum Gasteiger partial charge on any atom is -0.493 e. The normalized spacial score (nSPS) is 13.3. The number of ether oxygens (including phenoxy) is 2. The summed E-state index contributed by atoms with van der Waals surface area (Å²) in [5.41, 5.74) is 4.39. The highest BCUT2D eigenvalue weighted by atomic mass is 16.5. The zero-order chi connectivity index (χ0) is 27.2. The van der Waals surface area contributed by atoms with E-state index in [1.54, 1.807) is 23.3 Å². The lowest BCUT2D eigenvalue weighted by Crippen LogP contribution is -2.23. The molecule has 1 aliphatic heterocycles. The first-order chi connectivity index (χ1) is 19.0. The molecule has 39 heavy (non-hydrogen) atoms. The molecule has 0 saturated carbocycles. The third-order valence-electron chi connectivity index (χ3n) is 6.63. The molecule has 0 aliphatic carbocycles. The lowest BCUT2D eigenvalue weighted by atomic mass is 10.0. The number of hydrogen-bond donors (Lipinski definition) is 3. The zero-order valence-corrected chi connectivity index (χ0v) is 21.6. The van der Waals surface area contributed by atoms with Gasteiger partial charge >= 0.3 is 12.1 Å². The fourth-order valence-electron chi connectivity index (χ4n) is 4.69. The molecule has 202 valence electrons. The summed E-state index contributed by atoms with van der Waals surface area (Å²) in [6.07, 6.45) is 7.04. The molecule has 0 radical (unpaired) electrons. The van der Waals surface area contributed by atoms with Crippen molar-refractivity contribution >= 4 is 28.8 Å². The third-order valence-corrected chi connectivity index (χ3v) is 6.63. The maximum absolute atomic E-state index is 11.8. The second kappa shape index (κ2) is 11.8. The smallest absolute Gasteiger partial charge is 0.407 e. The number of aromatic nitrogens is 4. The van der Waals surface area contributed by atoms with E-state index in [1.807, 2.05) is 24.3 Å². The lowest BCUT2D eigenvalue weighted by molar-refractivity contribution is -0.137. The van der Waals surface area contributed by atoms with Gasteiger partial charge in [-0.15, -0.1) is 0 Å². The summed E-state index contributed by atoms with van der Waals surface area (Å²) in [5.74, 6) is 0.710. The summed E-state index contributed by atoms with van der Waals surface area (Å²) in [4.78, 5) is 32.2. The van der Waals surface area contributed by atoms with Crippen LogP contribution >= 0.6 is 0 Å². The maximum Gasteiger partial charge on any atom is 0.407 e. The minimum atomic E-state index is -0.965. The van der Waals surface area contributed by atoms with Gasteiger partial charge in [0.2, 0.25) is 0 Å². The maximum atomic E-state index is 11.8. The Labute approximate surface area is 225 Å². The molecule has 1 atom stereocenters. The van der Waals surface area contributed by atoms with Crippen molar-refractivity contribution in [1.82, 2.24) is 25.1 Å². The molecule has 4 aromatic rings. The number of aliphatic carboxylic acids is 1. The van der Waals surface area contributed by atoms with Crippen LogP contribution in [0, 0.1) is 0 Å². The topological polar surface area (TPSA) is 140 Å². The summed E-state index contributed by atoms with van der Waals surface area (Å²) in [6, 6.07) is 11.0. The van der Waals surface area contributed by atoms with E-state index in [-0.39, 0.29) is 13.0 Å². The van der Waals surface area contributed by atoms with Gasteiger partial charge in [-0.1, -0.05) is 6.07 Å². The quantitative estimate of drug-likeness (QED) is 0.280. The van der Waals surface area contributed by atoms with Gasteiger partial charge in [0, 0.05) is 43.0 Å². The van der Waals surface area contributed by atoms with E-state index in [0.717, 1.165) is 41.8 Å². The number of rotatable bonds is 10. The first-order valence-electron chi connectivity index (χ1n) is 12.8. The molecule has 0 saturated heterocycles. The second-order valence-electron chi connectivity index (χ2n) is 9.33. The molecule has 11 heteroatoms. The molecule has 11 nitrogen and oxygen atoms in total. The molecule has 0 unspecified atom stereocenters. The largest absolute Gasteiger partial charge is 0.493 e. The number of carbonyl (C=O) groups is 2. The van der Waals surface area contributed by atoms with Gasteiger partial charge in [0.25, 0.3) is 0 Å². The van der Waals surface area contributed by atoms with E-state index >= 15 is 0 Å². The van der Waals surface area contributed by atoms with E-state index in [1.165, 1.54) is 12.7 Å². The number of pyridine rings is 2. The number of carboxylic acid groups (broad SMARTS) is 1. The molecule has 3 N–H and O–H groups in total. The van der Waals surface area contributed by atoms with E-state index in [9.17, 15) is 14.7 Å². The Bertz CT molecular complexity index is 1490. The van der Waals surface area contributed by atoms with Crippen molar-refractivity contribution < 1.29 is 24.2 Å². The van der Waals surface area contributed by atoms with E-state index in [2.05, 4.69) is 37.6 Å². The van der Waals surface area contributed by atoms with Gasteiger partial charge in [0.05, 0.1) is 37.9 Å². The number of hydrogen-bond acceptors (Lipinski definition) is 8. The SMILES string of the molecule is COC(=O)NCc1cncc([C@@H](CC(=O)O)n2ncc3cc(OCCc4ccc5c(n4)NCCC5)ccc32)c1. The zero-order valence-electron chi connectivity index (χ0n) is 21.6. The highest BCUT2D eigenvalue weighted by Crippen LogP contribution is 2.29. The van der Waals surface area contributed by atoms with Crippen molar-refractivity contribution in [1.29, 1.82) is 0 Å². The van der Waals surface area contributed by atoms with Gasteiger partial charge < -0.3 is 25.2 Å². The fraction of sp³-hybridized carbons (Fsp3) is 0.321. The van der Waals surface area contributed by atoms with E-state index in [0.29, 0.717) is 29.9 Å². The number of amides is 1. The van der Waals surface area contributed by atoms with Crippen LogP contribution in [0.25, 0.3) is 10.9 Å². The number of aryl methyl sites for hydroxylation is 1. The van der Waals surface area contributed by atoms with Crippen LogP contribution in [0.1, 0.15) is 41.3 Å². The molecule has 1 aromatic carbocycles. The molecule has 0 bridgehead atoms. The van der Waals surface area contributed by atoms with Crippen LogP contribution < -0.4 is 15.4 Å². The molecular weight excluding hydrogens is 500 g/mol. The predicted octanol–water partition coefficient (Wildman–Crippen LogP) is 3.73. The Kier molecular flexibility index (Phi) is 7.86. The Morgan fingerprint density at radius 1 is 1.18 bits per heavy atom. The van der Waals surface area contributed by atoms with Crippen LogP contribution in [-0.4, -0.2) is 57.2 Å². The first-order valence-corrected chi connectivity index (χ1v) is 12.8. The number of fused-ring (bicyclic) bond motifs is 2. The molecule has 3 aromatic heterocycles. The van der Waals surface area contributed by atoms with E-state index < -0.39 is 18.1 Å². The van der Waals surface area contributed by atoms with Crippen LogP contribution in [0.15, 0.2) is 55.0 Å². The number of nitrogens with zero attached hydrogens (tertiary/aromatic N) is 4. The van der Waals surface area contributed by atoms with Gasteiger partial charge in [-0.05, 0) is 59.9 Å². The summed E-state index contributed by atoms with van der Waals surface area (Å²) in [6.45, 7) is 1.63. The number of carbonyl (C=O) groups excluding carboxylic acids is 1. The monoisotopic (exact) mass is 530 g/mol. The summed E-state index contributed by atoms with van der Waals surface area (Å²) < 4.78 is 12.3. The molecule has 1 amide bonds.